The molecule has 0 radical (unpaired) electrons. The van der Waals surface area contributed by atoms with E-state index in [1.54, 1.807) is 6.07 Å². The van der Waals surface area contributed by atoms with Crippen molar-refractivity contribution in [1.82, 2.24) is 0 Å². The summed E-state index contributed by atoms with van der Waals surface area (Å²) >= 11 is 0. The monoisotopic (exact) mass is 308 g/mol. The molecule has 0 aliphatic carbocycles. The van der Waals surface area contributed by atoms with E-state index in [-0.39, 0.29) is 22.8 Å². The minimum absolute atomic E-state index is 0.0572. The number of hydrogen-bond acceptors (Lipinski definition) is 3. The van der Waals surface area contributed by atoms with Crippen molar-refractivity contribution in [3.8, 4) is 5.75 Å². The summed E-state index contributed by atoms with van der Waals surface area (Å²) in [5.41, 5.74) is 0.625. The Bertz CT molecular complexity index is 842. The Morgan fingerprint density at radius 1 is 1.00 bits per heavy atom. The molecule has 3 rings (SSSR count). The molecule has 1 heterocycles. The van der Waals surface area contributed by atoms with E-state index in [1.165, 1.54) is 24.3 Å². The topological polar surface area (TPSA) is 43.4 Å². The maximum Gasteiger partial charge on any atom is 0.200 e. The smallest absolute Gasteiger partial charge is 0.200 e. The van der Waals surface area contributed by atoms with Gasteiger partial charge in [0.15, 0.2) is 0 Å². The first-order valence-electron chi connectivity index (χ1n) is 6.10. The molecule has 0 atom stereocenters. The van der Waals surface area contributed by atoms with Crippen molar-refractivity contribution in [1.29, 1.82) is 0 Å². The number of ether oxygens (including phenoxy) is 1. The number of sulfone groups is 1. The molecule has 0 bridgehead atoms. The van der Waals surface area contributed by atoms with Gasteiger partial charge in [-0.3, -0.25) is 0 Å². The second kappa shape index (κ2) is 4.96. The second-order valence-electron chi connectivity index (χ2n) is 4.57. The van der Waals surface area contributed by atoms with Crippen LogP contribution in [-0.2, 0) is 9.84 Å². The predicted octanol–water partition coefficient (Wildman–Crippen LogP) is 3.17. The molecule has 0 N–H and O–H groups in total. The SMILES string of the molecule is O=S1(=O)C=C(COc2cccc(F)c2)c2cc(F)ccc21. The summed E-state index contributed by atoms with van der Waals surface area (Å²) in [5, 5.41) is 1.05. The molecule has 0 amide bonds. The number of fused-ring (bicyclic) bond motifs is 1. The summed E-state index contributed by atoms with van der Waals surface area (Å²) in [6.45, 7) is -0.0842. The Balaban J connectivity index is 1.89. The highest BCUT2D eigenvalue weighted by Gasteiger charge is 2.27. The third-order valence-electron chi connectivity index (χ3n) is 3.08. The summed E-state index contributed by atoms with van der Waals surface area (Å²) in [4.78, 5) is 0.0572. The van der Waals surface area contributed by atoms with Gasteiger partial charge < -0.3 is 4.74 Å². The normalized spacial score (nSPS) is 15.4. The first kappa shape index (κ1) is 13.8. The van der Waals surface area contributed by atoms with Crippen molar-refractivity contribution in [2.75, 3.05) is 6.61 Å². The van der Waals surface area contributed by atoms with Crippen LogP contribution in [0.2, 0.25) is 0 Å². The Hall–Kier alpha value is -2.21. The fourth-order valence-electron chi connectivity index (χ4n) is 2.15. The van der Waals surface area contributed by atoms with Gasteiger partial charge in [0.1, 0.15) is 24.0 Å². The lowest BCUT2D eigenvalue weighted by molar-refractivity contribution is 0.367. The fraction of sp³-hybridized carbons (Fsp3) is 0.0667. The third kappa shape index (κ3) is 2.67. The van der Waals surface area contributed by atoms with Crippen LogP contribution in [0.3, 0.4) is 0 Å². The van der Waals surface area contributed by atoms with Crippen LogP contribution in [-0.4, -0.2) is 15.0 Å². The molecule has 1 aliphatic rings. The van der Waals surface area contributed by atoms with Crippen molar-refractivity contribution in [2.24, 2.45) is 0 Å². The molecule has 6 heteroatoms. The van der Waals surface area contributed by atoms with Crippen LogP contribution in [0.1, 0.15) is 5.56 Å². The number of hydrogen-bond donors (Lipinski definition) is 0. The number of halogens is 2. The van der Waals surface area contributed by atoms with Gasteiger partial charge in [-0.1, -0.05) is 6.07 Å². The van der Waals surface area contributed by atoms with E-state index >= 15 is 0 Å². The Morgan fingerprint density at radius 3 is 2.52 bits per heavy atom. The average Bonchev–Trinajstić information content (AvgIpc) is 2.67. The molecule has 0 saturated heterocycles. The standard InChI is InChI=1S/C15H10F2O3S/c16-11-2-1-3-13(6-11)20-8-10-9-21(18,19)15-5-4-12(17)7-14(10)15/h1-7,9H,8H2. The Morgan fingerprint density at radius 2 is 1.76 bits per heavy atom. The molecular formula is C15H10F2O3S. The molecular weight excluding hydrogens is 298 g/mol. The molecule has 0 fully saturated rings. The zero-order chi connectivity index (χ0) is 15.0. The Kier molecular flexibility index (Phi) is 3.25. The highest BCUT2D eigenvalue weighted by molar-refractivity contribution is 7.95. The highest BCUT2D eigenvalue weighted by atomic mass is 32.2. The van der Waals surface area contributed by atoms with Gasteiger partial charge in [-0.15, -0.1) is 0 Å². The van der Waals surface area contributed by atoms with Crippen molar-refractivity contribution in [3.63, 3.8) is 0 Å². The summed E-state index contributed by atoms with van der Waals surface area (Å²) in [6.07, 6.45) is 0. The van der Waals surface area contributed by atoms with Gasteiger partial charge >= 0.3 is 0 Å². The summed E-state index contributed by atoms with van der Waals surface area (Å²) < 4.78 is 55.6. The molecule has 21 heavy (non-hydrogen) atoms. The molecule has 0 unspecified atom stereocenters. The van der Waals surface area contributed by atoms with E-state index in [4.69, 9.17) is 4.74 Å². The molecule has 0 saturated carbocycles. The molecule has 2 aromatic rings. The van der Waals surface area contributed by atoms with Crippen molar-refractivity contribution >= 4 is 15.4 Å². The zero-order valence-corrected chi connectivity index (χ0v) is 11.5. The first-order valence-corrected chi connectivity index (χ1v) is 7.64. The van der Waals surface area contributed by atoms with Gasteiger partial charge in [-0.25, -0.2) is 17.2 Å². The van der Waals surface area contributed by atoms with Gasteiger partial charge in [0.25, 0.3) is 0 Å². The molecule has 2 aromatic carbocycles. The molecule has 1 aliphatic heterocycles. The summed E-state index contributed by atoms with van der Waals surface area (Å²) in [5.74, 6) is -0.701. The fourth-order valence-corrected chi connectivity index (χ4v) is 3.60. The van der Waals surface area contributed by atoms with Crippen LogP contribution in [0.5, 0.6) is 5.75 Å². The highest BCUT2D eigenvalue weighted by Crippen LogP contribution is 2.34. The number of rotatable bonds is 3. The maximum atomic E-state index is 13.3. The maximum absolute atomic E-state index is 13.3. The lowest BCUT2D eigenvalue weighted by Crippen LogP contribution is -2.00. The van der Waals surface area contributed by atoms with Gasteiger partial charge in [0.2, 0.25) is 9.84 Å². The predicted molar refractivity (Wildman–Crippen MR) is 73.5 cm³/mol. The number of benzene rings is 2. The quantitative estimate of drug-likeness (QED) is 0.818. The molecule has 3 nitrogen and oxygen atoms in total. The molecule has 108 valence electrons. The third-order valence-corrected chi connectivity index (χ3v) is 4.65. The lowest BCUT2D eigenvalue weighted by atomic mass is 10.1. The molecule has 0 aromatic heterocycles. The van der Waals surface area contributed by atoms with Crippen molar-refractivity contribution in [3.05, 3.63) is 65.1 Å². The minimum Gasteiger partial charge on any atom is -0.489 e. The van der Waals surface area contributed by atoms with Crippen LogP contribution in [0.25, 0.3) is 5.57 Å². The van der Waals surface area contributed by atoms with E-state index < -0.39 is 21.5 Å². The lowest BCUT2D eigenvalue weighted by Gasteiger charge is -2.08. The van der Waals surface area contributed by atoms with E-state index in [0.29, 0.717) is 5.57 Å². The largest absolute Gasteiger partial charge is 0.489 e. The van der Waals surface area contributed by atoms with Crippen LogP contribution >= 0.6 is 0 Å². The first-order chi connectivity index (χ1) is 9.95. The van der Waals surface area contributed by atoms with E-state index in [9.17, 15) is 17.2 Å². The van der Waals surface area contributed by atoms with Gasteiger partial charge in [0.05, 0.1) is 4.90 Å². The van der Waals surface area contributed by atoms with E-state index in [0.717, 1.165) is 17.5 Å². The van der Waals surface area contributed by atoms with Gasteiger partial charge in [0, 0.05) is 22.6 Å². The Labute approximate surface area is 120 Å². The second-order valence-corrected chi connectivity index (χ2v) is 6.34. The van der Waals surface area contributed by atoms with E-state index in [2.05, 4.69) is 0 Å². The van der Waals surface area contributed by atoms with E-state index in [1.807, 2.05) is 0 Å². The van der Waals surface area contributed by atoms with Crippen LogP contribution in [0, 0.1) is 11.6 Å². The summed E-state index contributed by atoms with van der Waals surface area (Å²) in [6, 6.07) is 8.98. The van der Waals surface area contributed by atoms with Crippen molar-refractivity contribution in [2.45, 2.75) is 4.90 Å². The van der Waals surface area contributed by atoms with Gasteiger partial charge in [-0.05, 0) is 30.3 Å². The van der Waals surface area contributed by atoms with Crippen LogP contribution in [0.4, 0.5) is 8.78 Å². The average molecular weight is 308 g/mol. The summed E-state index contributed by atoms with van der Waals surface area (Å²) in [7, 11) is -3.57. The zero-order valence-electron chi connectivity index (χ0n) is 10.7. The van der Waals surface area contributed by atoms with Gasteiger partial charge in [-0.2, -0.15) is 0 Å². The molecule has 0 spiro atoms. The van der Waals surface area contributed by atoms with Crippen LogP contribution in [0.15, 0.2) is 52.8 Å². The van der Waals surface area contributed by atoms with Crippen molar-refractivity contribution < 1.29 is 21.9 Å². The van der Waals surface area contributed by atoms with Crippen LogP contribution < -0.4 is 4.74 Å². The minimum atomic E-state index is -3.57.